The molecule has 2 aliphatic heterocycles. The highest BCUT2D eigenvalue weighted by molar-refractivity contribution is 7.91. The van der Waals surface area contributed by atoms with Gasteiger partial charge in [0.15, 0.2) is 6.29 Å². The Labute approximate surface area is 272 Å². The lowest BCUT2D eigenvalue weighted by Crippen LogP contribution is -2.61. The fourth-order valence-corrected chi connectivity index (χ4v) is 9.37. The zero-order valence-corrected chi connectivity index (χ0v) is 27.4. The lowest BCUT2D eigenvalue weighted by molar-refractivity contribution is -0.202. The summed E-state index contributed by atoms with van der Waals surface area (Å²) >= 11 is 1.06. The molecule has 2 aromatic carbocycles. The van der Waals surface area contributed by atoms with Crippen LogP contribution in [-0.4, -0.2) is 88.3 Å². The number of ether oxygens (including phenoxy) is 2. The van der Waals surface area contributed by atoms with Gasteiger partial charge in [0.2, 0.25) is 10.0 Å². The Hall–Kier alpha value is -3.38. The maximum atomic E-state index is 13.9. The van der Waals surface area contributed by atoms with Crippen molar-refractivity contribution in [2.75, 3.05) is 38.5 Å². The standard InChI is InChI=1S/C30H36N4O9S3/c35-29(32-43-27-13-7-8-19-41-27)25-21-33(45(37,38)20-16-31-30(36)42-22-23-9-3-1-4-10-23)17-18-34(25)46(39,40)28-15-14-26(44-28)24-11-5-2-6-12-24/h1-6,9-12,14-15,25,27H,7-8,13,16-22H2,(H,31,36)(H,32,35)/t25-,27?/m1/s1. The fourth-order valence-electron chi connectivity index (χ4n) is 5.01. The Balaban J connectivity index is 1.26. The van der Waals surface area contributed by atoms with Crippen LogP contribution in [0.5, 0.6) is 0 Å². The third-order valence-corrected chi connectivity index (χ3v) is 12.8. The molecule has 0 radical (unpaired) electrons. The van der Waals surface area contributed by atoms with Gasteiger partial charge in [-0.15, -0.1) is 11.3 Å². The molecule has 2 saturated heterocycles. The zero-order valence-electron chi connectivity index (χ0n) is 24.9. The smallest absolute Gasteiger partial charge is 0.407 e. The van der Waals surface area contributed by atoms with Gasteiger partial charge in [-0.05, 0) is 36.1 Å². The molecule has 5 rings (SSSR count). The van der Waals surface area contributed by atoms with Gasteiger partial charge < -0.3 is 14.8 Å². The Morgan fingerprint density at radius 3 is 2.39 bits per heavy atom. The molecule has 0 spiro atoms. The van der Waals surface area contributed by atoms with Crippen molar-refractivity contribution in [3.63, 3.8) is 0 Å². The second kappa shape index (κ2) is 15.5. The quantitative estimate of drug-likeness (QED) is 0.272. The number of carbonyl (C=O) groups is 2. The van der Waals surface area contributed by atoms with Gasteiger partial charge in [-0.25, -0.2) is 31.9 Å². The van der Waals surface area contributed by atoms with Gasteiger partial charge in [0.05, 0.1) is 5.75 Å². The Morgan fingerprint density at radius 1 is 0.935 bits per heavy atom. The predicted octanol–water partition coefficient (Wildman–Crippen LogP) is 2.92. The van der Waals surface area contributed by atoms with E-state index in [1.54, 1.807) is 30.3 Å². The summed E-state index contributed by atoms with van der Waals surface area (Å²) in [6.45, 7) is -0.662. The van der Waals surface area contributed by atoms with Crippen LogP contribution >= 0.6 is 11.3 Å². The molecule has 2 aliphatic rings. The summed E-state index contributed by atoms with van der Waals surface area (Å²) in [5, 5.41) is 2.42. The van der Waals surface area contributed by atoms with Crippen LogP contribution in [0.4, 0.5) is 4.79 Å². The highest BCUT2D eigenvalue weighted by Crippen LogP contribution is 2.33. The molecule has 0 aliphatic carbocycles. The number of hydrogen-bond donors (Lipinski definition) is 2. The van der Waals surface area contributed by atoms with Crippen LogP contribution in [0.1, 0.15) is 24.8 Å². The first-order valence-corrected chi connectivity index (χ1v) is 18.7. The molecule has 2 amide bonds. The SMILES string of the molecule is O=C(NCCS(=O)(=O)N1CCN(S(=O)(=O)c2ccc(-c3ccccc3)s2)[C@@H](C(=O)NOC2CCCCO2)C1)OCc1ccccc1. The van der Waals surface area contributed by atoms with Crippen LogP contribution in [0.3, 0.4) is 0 Å². The van der Waals surface area contributed by atoms with E-state index in [0.29, 0.717) is 13.0 Å². The van der Waals surface area contributed by atoms with Gasteiger partial charge in [-0.1, -0.05) is 60.7 Å². The van der Waals surface area contributed by atoms with Crippen LogP contribution in [0.2, 0.25) is 0 Å². The average molecular weight is 693 g/mol. The summed E-state index contributed by atoms with van der Waals surface area (Å²) in [6, 6.07) is 20.1. The molecule has 0 saturated carbocycles. The third-order valence-electron chi connectivity index (χ3n) is 7.46. The molecule has 1 unspecified atom stereocenters. The number of benzene rings is 2. The van der Waals surface area contributed by atoms with E-state index in [4.69, 9.17) is 14.3 Å². The maximum Gasteiger partial charge on any atom is 0.407 e. The van der Waals surface area contributed by atoms with Crippen LogP contribution in [0.15, 0.2) is 77.0 Å². The van der Waals surface area contributed by atoms with Gasteiger partial charge in [-0.3, -0.25) is 4.79 Å². The van der Waals surface area contributed by atoms with Gasteiger partial charge >= 0.3 is 6.09 Å². The first-order chi connectivity index (χ1) is 22.1. The molecule has 3 heterocycles. The van der Waals surface area contributed by atoms with Gasteiger partial charge in [0, 0.05) is 44.1 Å². The number of hydroxylamine groups is 1. The van der Waals surface area contributed by atoms with E-state index >= 15 is 0 Å². The molecule has 1 aromatic heterocycles. The van der Waals surface area contributed by atoms with E-state index in [1.807, 2.05) is 36.4 Å². The van der Waals surface area contributed by atoms with Crippen LogP contribution in [-0.2, 0) is 45.8 Å². The van der Waals surface area contributed by atoms with E-state index in [-0.39, 0.29) is 30.5 Å². The minimum absolute atomic E-state index is 0.0233. The van der Waals surface area contributed by atoms with Gasteiger partial charge in [0.1, 0.15) is 16.9 Å². The molecule has 16 heteroatoms. The molecule has 2 fully saturated rings. The summed E-state index contributed by atoms with van der Waals surface area (Å²) in [5.74, 6) is -1.30. The van der Waals surface area contributed by atoms with Crippen LogP contribution in [0, 0.1) is 0 Å². The maximum absolute atomic E-state index is 13.9. The van der Waals surface area contributed by atoms with Crippen LogP contribution in [0.25, 0.3) is 10.4 Å². The Kier molecular flexibility index (Phi) is 11.4. The topological polar surface area (TPSA) is 161 Å². The third kappa shape index (κ3) is 8.70. The molecule has 3 aromatic rings. The number of amides is 2. The molecular formula is C30H36N4O9S3. The average Bonchev–Trinajstić information content (AvgIpc) is 3.59. The van der Waals surface area contributed by atoms with Crippen molar-refractivity contribution in [1.29, 1.82) is 0 Å². The first kappa shape index (κ1) is 34.0. The molecular weight excluding hydrogens is 657 g/mol. The van der Waals surface area contributed by atoms with E-state index in [2.05, 4.69) is 10.8 Å². The number of piperazine rings is 1. The summed E-state index contributed by atoms with van der Waals surface area (Å²) in [5.41, 5.74) is 3.93. The summed E-state index contributed by atoms with van der Waals surface area (Å²) in [6.07, 6.45) is 0.781. The minimum Gasteiger partial charge on any atom is -0.445 e. The summed E-state index contributed by atoms with van der Waals surface area (Å²) < 4.78 is 67.1. The van der Waals surface area contributed by atoms with Crippen molar-refractivity contribution in [1.82, 2.24) is 19.4 Å². The largest absolute Gasteiger partial charge is 0.445 e. The number of rotatable bonds is 12. The normalized spacial score (nSPS) is 19.7. The lowest BCUT2D eigenvalue weighted by Gasteiger charge is -2.38. The number of nitrogens with zero attached hydrogens (tertiary/aromatic N) is 2. The number of alkyl carbamates (subject to hydrolysis) is 1. The number of hydrogen-bond acceptors (Lipinski definition) is 10. The summed E-state index contributed by atoms with van der Waals surface area (Å²) in [7, 11) is -8.22. The van der Waals surface area contributed by atoms with Crippen LogP contribution < -0.4 is 10.8 Å². The van der Waals surface area contributed by atoms with Gasteiger partial charge in [0.25, 0.3) is 15.9 Å². The van der Waals surface area contributed by atoms with E-state index in [0.717, 1.165) is 48.8 Å². The molecule has 2 N–H and O–H groups in total. The highest BCUT2D eigenvalue weighted by Gasteiger charge is 2.44. The number of nitrogens with one attached hydrogen (secondary N) is 2. The predicted molar refractivity (Wildman–Crippen MR) is 170 cm³/mol. The summed E-state index contributed by atoms with van der Waals surface area (Å²) in [4.78, 5) is 31.7. The highest BCUT2D eigenvalue weighted by atomic mass is 32.2. The molecule has 2 atom stereocenters. The zero-order chi connectivity index (χ0) is 32.6. The van der Waals surface area contributed by atoms with Crippen molar-refractivity contribution < 1.29 is 40.7 Å². The van der Waals surface area contributed by atoms with Crippen molar-refractivity contribution >= 4 is 43.4 Å². The number of sulfonamides is 2. The van der Waals surface area contributed by atoms with E-state index in [9.17, 15) is 26.4 Å². The second-order valence-corrected chi connectivity index (χ2v) is 15.9. The monoisotopic (exact) mass is 692 g/mol. The second-order valence-electron chi connectivity index (χ2n) is 10.7. The fraction of sp³-hybridized carbons (Fsp3) is 0.400. The van der Waals surface area contributed by atoms with Crippen molar-refractivity contribution in [3.05, 3.63) is 78.4 Å². The number of carbonyl (C=O) groups excluding carboxylic acids is 2. The molecule has 0 bridgehead atoms. The number of thiophene rings is 1. The first-order valence-electron chi connectivity index (χ1n) is 14.8. The van der Waals surface area contributed by atoms with E-state index < -0.39 is 56.7 Å². The Bertz CT molecular complexity index is 1680. The van der Waals surface area contributed by atoms with Crippen molar-refractivity contribution in [2.24, 2.45) is 0 Å². The van der Waals surface area contributed by atoms with Crippen molar-refractivity contribution in [3.8, 4) is 10.4 Å². The Morgan fingerprint density at radius 2 is 1.67 bits per heavy atom. The van der Waals surface area contributed by atoms with Crippen molar-refractivity contribution in [2.45, 2.75) is 42.4 Å². The van der Waals surface area contributed by atoms with Gasteiger partial charge in [-0.2, -0.15) is 8.61 Å². The minimum atomic E-state index is -4.20. The molecule has 13 nitrogen and oxygen atoms in total. The lowest BCUT2D eigenvalue weighted by atomic mass is 10.2. The molecule has 46 heavy (non-hydrogen) atoms. The van der Waals surface area contributed by atoms with E-state index in [1.165, 1.54) is 6.07 Å². The molecule has 248 valence electrons.